The first-order valence-corrected chi connectivity index (χ1v) is 9.11. The summed E-state index contributed by atoms with van der Waals surface area (Å²) >= 11 is 3.28. The largest absolute Gasteiger partial charge is 0.452 e. The second-order valence-corrected chi connectivity index (χ2v) is 6.83. The Hall–Kier alpha value is -3.26. The van der Waals surface area contributed by atoms with Gasteiger partial charge < -0.3 is 4.74 Å². The number of rotatable bonds is 4. The molecule has 0 fully saturated rings. The Kier molecular flexibility index (Phi) is 6.00. The highest BCUT2D eigenvalue weighted by Crippen LogP contribution is 2.19. The number of carbonyl (C=O) groups excluding carboxylic acids is 3. The lowest BCUT2D eigenvalue weighted by atomic mass is 10.1. The normalized spacial score (nSPS) is 10.4. The molecule has 0 aliphatic carbocycles. The fraction of sp³-hybridized carbons (Fsp3) is 0.100. The minimum absolute atomic E-state index is 0.329. The molecule has 8 heteroatoms. The summed E-state index contributed by atoms with van der Waals surface area (Å²) in [6.45, 7) is 1.24. The second-order valence-electron chi connectivity index (χ2n) is 5.91. The van der Waals surface area contributed by atoms with Crippen molar-refractivity contribution in [3.8, 4) is 0 Å². The molecule has 1 aromatic heterocycles. The molecule has 2 N–H and O–H groups in total. The third-order valence-electron chi connectivity index (χ3n) is 3.82. The van der Waals surface area contributed by atoms with Crippen molar-refractivity contribution in [2.24, 2.45) is 0 Å². The monoisotopic (exact) mass is 441 g/mol. The van der Waals surface area contributed by atoms with E-state index in [9.17, 15) is 14.4 Å². The summed E-state index contributed by atoms with van der Waals surface area (Å²) in [6, 6.07) is 15.4. The zero-order valence-electron chi connectivity index (χ0n) is 14.9. The van der Waals surface area contributed by atoms with E-state index in [1.807, 2.05) is 6.07 Å². The Bertz CT molecular complexity index is 1050. The Morgan fingerprint density at radius 1 is 1.04 bits per heavy atom. The maximum Gasteiger partial charge on any atom is 0.339 e. The maximum atomic E-state index is 12.4. The van der Waals surface area contributed by atoms with Crippen molar-refractivity contribution in [1.82, 2.24) is 15.8 Å². The number of nitrogens with zero attached hydrogens (tertiary/aromatic N) is 1. The van der Waals surface area contributed by atoms with Crippen LogP contribution in [0.2, 0.25) is 0 Å². The summed E-state index contributed by atoms with van der Waals surface area (Å²) in [7, 11) is 0. The van der Waals surface area contributed by atoms with Gasteiger partial charge in [0.15, 0.2) is 6.61 Å². The molecule has 0 bridgehead atoms. The van der Waals surface area contributed by atoms with Gasteiger partial charge in [0, 0.05) is 21.1 Å². The van der Waals surface area contributed by atoms with Gasteiger partial charge in [-0.05, 0) is 43.3 Å². The maximum absolute atomic E-state index is 12.4. The van der Waals surface area contributed by atoms with E-state index in [0.717, 1.165) is 4.47 Å². The summed E-state index contributed by atoms with van der Waals surface area (Å²) in [4.78, 5) is 40.6. The summed E-state index contributed by atoms with van der Waals surface area (Å²) < 4.78 is 5.90. The quantitative estimate of drug-likeness (QED) is 0.479. The van der Waals surface area contributed by atoms with Crippen LogP contribution in [0.4, 0.5) is 0 Å². The van der Waals surface area contributed by atoms with Crippen molar-refractivity contribution < 1.29 is 19.1 Å². The Balaban J connectivity index is 1.57. The number of benzene rings is 2. The lowest BCUT2D eigenvalue weighted by Gasteiger charge is -2.10. The molecule has 3 rings (SSSR count). The molecule has 0 saturated heterocycles. The highest BCUT2D eigenvalue weighted by atomic mass is 79.9. The van der Waals surface area contributed by atoms with Crippen LogP contribution in [-0.4, -0.2) is 29.4 Å². The number of hydrazine groups is 1. The van der Waals surface area contributed by atoms with Crippen LogP contribution in [0.25, 0.3) is 10.9 Å². The number of amides is 2. The zero-order chi connectivity index (χ0) is 20.1. The molecule has 0 saturated carbocycles. The van der Waals surface area contributed by atoms with Gasteiger partial charge in [-0.1, -0.05) is 34.1 Å². The van der Waals surface area contributed by atoms with Crippen molar-refractivity contribution in [2.45, 2.75) is 6.92 Å². The van der Waals surface area contributed by atoms with Crippen LogP contribution in [0.15, 0.2) is 59.1 Å². The number of carbonyl (C=O) groups is 3. The summed E-state index contributed by atoms with van der Waals surface area (Å²) in [5.41, 5.74) is 6.51. The van der Waals surface area contributed by atoms with Crippen molar-refractivity contribution in [3.05, 3.63) is 75.9 Å². The molecule has 2 aromatic carbocycles. The summed E-state index contributed by atoms with van der Waals surface area (Å²) in [5, 5.41) is 0.641. The lowest BCUT2D eigenvalue weighted by molar-refractivity contribution is -0.125. The van der Waals surface area contributed by atoms with E-state index in [1.54, 1.807) is 55.5 Å². The number of aryl methyl sites for hydroxylation is 1. The average molecular weight is 442 g/mol. The van der Waals surface area contributed by atoms with Gasteiger partial charge >= 0.3 is 5.97 Å². The molecule has 0 radical (unpaired) electrons. The Labute approximate surface area is 169 Å². The highest BCUT2D eigenvalue weighted by Gasteiger charge is 2.15. The highest BCUT2D eigenvalue weighted by molar-refractivity contribution is 9.10. The van der Waals surface area contributed by atoms with Gasteiger partial charge in [-0.2, -0.15) is 0 Å². The van der Waals surface area contributed by atoms with Gasteiger partial charge in [-0.3, -0.25) is 25.4 Å². The molecule has 0 unspecified atom stereocenters. The lowest BCUT2D eigenvalue weighted by Crippen LogP contribution is -2.43. The first kappa shape index (κ1) is 19.5. The van der Waals surface area contributed by atoms with Crippen LogP contribution in [0, 0.1) is 6.92 Å². The van der Waals surface area contributed by atoms with E-state index < -0.39 is 24.4 Å². The van der Waals surface area contributed by atoms with Gasteiger partial charge in [-0.25, -0.2) is 4.79 Å². The molecule has 3 aromatic rings. The first-order chi connectivity index (χ1) is 13.4. The minimum atomic E-state index is -0.658. The van der Waals surface area contributed by atoms with Crippen molar-refractivity contribution in [1.29, 1.82) is 0 Å². The third kappa shape index (κ3) is 4.72. The SMILES string of the molecule is Cc1cc(C(=O)OCC(=O)NNC(=O)c2ccc(Br)cc2)c2ccccc2n1. The zero-order valence-corrected chi connectivity index (χ0v) is 16.4. The predicted octanol–water partition coefficient (Wildman–Crippen LogP) is 2.92. The number of ether oxygens (including phenoxy) is 1. The van der Waals surface area contributed by atoms with E-state index in [0.29, 0.717) is 27.7 Å². The van der Waals surface area contributed by atoms with Crippen molar-refractivity contribution in [3.63, 3.8) is 0 Å². The Morgan fingerprint density at radius 3 is 2.50 bits per heavy atom. The molecule has 7 nitrogen and oxygen atoms in total. The van der Waals surface area contributed by atoms with Gasteiger partial charge in [0.2, 0.25) is 0 Å². The number of para-hydroxylation sites is 1. The summed E-state index contributed by atoms with van der Waals surface area (Å²) in [6.07, 6.45) is 0. The van der Waals surface area contributed by atoms with Crippen LogP contribution in [-0.2, 0) is 9.53 Å². The molecule has 0 atom stereocenters. The molecule has 0 spiro atoms. The smallest absolute Gasteiger partial charge is 0.339 e. The molecule has 142 valence electrons. The molecule has 1 heterocycles. The fourth-order valence-electron chi connectivity index (χ4n) is 2.52. The van der Waals surface area contributed by atoms with Gasteiger partial charge in [-0.15, -0.1) is 0 Å². The molecular formula is C20H16BrN3O4. The Morgan fingerprint density at radius 2 is 1.75 bits per heavy atom. The van der Waals surface area contributed by atoms with Crippen LogP contribution >= 0.6 is 15.9 Å². The predicted molar refractivity (Wildman–Crippen MR) is 107 cm³/mol. The topological polar surface area (TPSA) is 97.4 Å². The van der Waals surface area contributed by atoms with Crippen LogP contribution in [0.3, 0.4) is 0 Å². The van der Waals surface area contributed by atoms with E-state index in [4.69, 9.17) is 4.74 Å². The number of esters is 1. The number of pyridine rings is 1. The van der Waals surface area contributed by atoms with E-state index in [-0.39, 0.29) is 0 Å². The molecular weight excluding hydrogens is 426 g/mol. The van der Waals surface area contributed by atoms with Gasteiger partial charge in [0.1, 0.15) is 0 Å². The fourth-order valence-corrected chi connectivity index (χ4v) is 2.79. The first-order valence-electron chi connectivity index (χ1n) is 8.32. The van der Waals surface area contributed by atoms with Crippen molar-refractivity contribution >= 4 is 44.6 Å². The summed E-state index contributed by atoms with van der Waals surface area (Å²) in [5.74, 6) is -1.78. The van der Waals surface area contributed by atoms with E-state index in [2.05, 4.69) is 31.8 Å². The number of halogens is 1. The second kappa shape index (κ2) is 8.62. The third-order valence-corrected chi connectivity index (χ3v) is 4.35. The minimum Gasteiger partial charge on any atom is -0.452 e. The van der Waals surface area contributed by atoms with Crippen molar-refractivity contribution in [2.75, 3.05) is 6.61 Å². The molecule has 2 amide bonds. The molecule has 0 aliphatic heterocycles. The van der Waals surface area contributed by atoms with E-state index >= 15 is 0 Å². The van der Waals surface area contributed by atoms with Gasteiger partial charge in [0.05, 0.1) is 11.1 Å². The van der Waals surface area contributed by atoms with Crippen LogP contribution < -0.4 is 10.9 Å². The number of nitrogens with one attached hydrogen (secondary N) is 2. The number of hydrogen-bond donors (Lipinski definition) is 2. The number of aromatic nitrogens is 1. The standard InChI is InChI=1S/C20H16BrN3O4/c1-12-10-16(15-4-2-3-5-17(15)22-12)20(27)28-11-18(25)23-24-19(26)13-6-8-14(21)9-7-13/h2-10H,11H2,1H3,(H,23,25)(H,24,26). The van der Waals surface area contributed by atoms with Gasteiger partial charge in [0.25, 0.3) is 11.8 Å². The molecule has 28 heavy (non-hydrogen) atoms. The number of fused-ring (bicyclic) bond motifs is 1. The van der Waals surface area contributed by atoms with Crippen LogP contribution in [0.5, 0.6) is 0 Å². The average Bonchev–Trinajstić information content (AvgIpc) is 2.70. The number of hydrogen-bond acceptors (Lipinski definition) is 5. The van der Waals surface area contributed by atoms with E-state index in [1.165, 1.54) is 0 Å². The molecule has 0 aliphatic rings. The van der Waals surface area contributed by atoms with Crippen LogP contribution in [0.1, 0.15) is 26.4 Å².